The van der Waals surface area contributed by atoms with Gasteiger partial charge in [-0.2, -0.15) is 13.2 Å². The van der Waals surface area contributed by atoms with Crippen LogP contribution in [0.15, 0.2) is 12.3 Å². The zero-order chi connectivity index (χ0) is 15.5. The van der Waals surface area contributed by atoms with E-state index in [0.717, 1.165) is 4.90 Å². The molecule has 0 unspecified atom stereocenters. The predicted octanol–water partition coefficient (Wildman–Crippen LogP) is 2.63. The van der Waals surface area contributed by atoms with Crippen LogP contribution in [0.4, 0.5) is 18.9 Å². The van der Waals surface area contributed by atoms with Crippen molar-refractivity contribution in [3.8, 4) is 0 Å². The van der Waals surface area contributed by atoms with Crippen molar-refractivity contribution in [1.82, 2.24) is 9.88 Å². The number of nitrogens with zero attached hydrogens (tertiary/aromatic N) is 2. The highest BCUT2D eigenvalue weighted by Crippen LogP contribution is 2.20. The molecular weight excluding hydrogens is 271 g/mol. The molecule has 2 N–H and O–H groups in total. The summed E-state index contributed by atoms with van der Waals surface area (Å²) in [6.07, 6.45) is -3.07. The molecule has 0 radical (unpaired) electrons. The van der Waals surface area contributed by atoms with Gasteiger partial charge in [0.05, 0.1) is 23.1 Å². The van der Waals surface area contributed by atoms with E-state index in [0.29, 0.717) is 5.69 Å². The molecule has 0 aliphatic heterocycles. The van der Waals surface area contributed by atoms with E-state index in [-0.39, 0.29) is 23.7 Å². The minimum Gasteiger partial charge on any atom is -0.397 e. The average molecular weight is 289 g/mol. The van der Waals surface area contributed by atoms with Gasteiger partial charge in [-0.15, -0.1) is 0 Å². The standard InChI is InChI=1S/C13H18F3N3O/c1-8(2)6-19(7-13(14,15)16)12(20)11-4-10(17)5-18-9(11)3/h4-5,8H,6-7,17H2,1-3H3. The number of nitrogens with two attached hydrogens (primary N) is 1. The van der Waals surface area contributed by atoms with Gasteiger partial charge < -0.3 is 10.6 Å². The van der Waals surface area contributed by atoms with E-state index in [9.17, 15) is 18.0 Å². The number of amides is 1. The van der Waals surface area contributed by atoms with Crippen LogP contribution >= 0.6 is 0 Å². The number of carbonyl (C=O) groups is 1. The molecule has 0 atom stereocenters. The van der Waals surface area contributed by atoms with Gasteiger partial charge in [-0.05, 0) is 18.9 Å². The molecule has 20 heavy (non-hydrogen) atoms. The quantitative estimate of drug-likeness (QED) is 0.927. The summed E-state index contributed by atoms with van der Waals surface area (Å²) >= 11 is 0. The van der Waals surface area contributed by atoms with Crippen molar-refractivity contribution in [3.63, 3.8) is 0 Å². The molecule has 1 aromatic rings. The summed E-state index contributed by atoms with van der Waals surface area (Å²) in [5, 5.41) is 0. The SMILES string of the molecule is Cc1ncc(N)cc1C(=O)N(CC(C)C)CC(F)(F)F. The van der Waals surface area contributed by atoms with E-state index in [1.54, 1.807) is 20.8 Å². The van der Waals surface area contributed by atoms with Crippen molar-refractivity contribution >= 4 is 11.6 Å². The molecule has 1 aromatic heterocycles. The molecule has 0 spiro atoms. The number of nitrogen functional groups attached to an aromatic ring is 1. The Hall–Kier alpha value is -1.79. The van der Waals surface area contributed by atoms with Crippen LogP contribution in [-0.4, -0.2) is 35.1 Å². The van der Waals surface area contributed by atoms with Gasteiger partial charge in [-0.25, -0.2) is 0 Å². The largest absolute Gasteiger partial charge is 0.406 e. The summed E-state index contributed by atoms with van der Waals surface area (Å²) in [5.74, 6) is -0.774. The average Bonchev–Trinajstić information content (AvgIpc) is 2.28. The number of pyridine rings is 1. The summed E-state index contributed by atoms with van der Waals surface area (Å²) in [5.41, 5.74) is 6.25. The zero-order valence-corrected chi connectivity index (χ0v) is 11.7. The number of rotatable bonds is 4. The first-order chi connectivity index (χ1) is 9.10. The van der Waals surface area contributed by atoms with E-state index in [2.05, 4.69) is 4.98 Å². The first-order valence-electron chi connectivity index (χ1n) is 6.18. The van der Waals surface area contributed by atoms with Gasteiger partial charge in [-0.1, -0.05) is 13.8 Å². The molecule has 1 rings (SSSR count). The highest BCUT2D eigenvalue weighted by molar-refractivity contribution is 5.96. The zero-order valence-electron chi connectivity index (χ0n) is 11.7. The number of hydrogen-bond donors (Lipinski definition) is 1. The molecule has 0 fully saturated rings. The van der Waals surface area contributed by atoms with E-state index in [4.69, 9.17) is 5.73 Å². The number of carbonyl (C=O) groups excluding carboxylic acids is 1. The van der Waals surface area contributed by atoms with Crippen molar-refractivity contribution in [3.05, 3.63) is 23.5 Å². The van der Waals surface area contributed by atoms with Crippen LogP contribution in [0.3, 0.4) is 0 Å². The van der Waals surface area contributed by atoms with Crippen molar-refractivity contribution in [2.75, 3.05) is 18.8 Å². The lowest BCUT2D eigenvalue weighted by Gasteiger charge is -2.26. The third-order valence-electron chi connectivity index (χ3n) is 2.58. The van der Waals surface area contributed by atoms with Crippen LogP contribution in [0, 0.1) is 12.8 Å². The van der Waals surface area contributed by atoms with Gasteiger partial charge in [0, 0.05) is 6.54 Å². The molecule has 1 amide bonds. The minimum atomic E-state index is -4.44. The number of hydrogen-bond acceptors (Lipinski definition) is 3. The van der Waals surface area contributed by atoms with Crippen LogP contribution in [0.1, 0.15) is 29.9 Å². The summed E-state index contributed by atoms with van der Waals surface area (Å²) in [7, 11) is 0. The summed E-state index contributed by atoms with van der Waals surface area (Å²) < 4.78 is 37.7. The molecule has 0 saturated carbocycles. The predicted molar refractivity (Wildman–Crippen MR) is 70.2 cm³/mol. The van der Waals surface area contributed by atoms with Gasteiger partial charge in [0.25, 0.3) is 5.91 Å². The first-order valence-corrected chi connectivity index (χ1v) is 6.18. The van der Waals surface area contributed by atoms with Crippen molar-refractivity contribution in [2.45, 2.75) is 26.9 Å². The van der Waals surface area contributed by atoms with Crippen molar-refractivity contribution in [1.29, 1.82) is 0 Å². The molecule has 112 valence electrons. The number of aryl methyl sites for hydroxylation is 1. The Bertz CT molecular complexity index is 486. The van der Waals surface area contributed by atoms with Crippen LogP contribution in [0.25, 0.3) is 0 Å². The molecule has 0 aromatic carbocycles. The third-order valence-corrected chi connectivity index (χ3v) is 2.58. The smallest absolute Gasteiger partial charge is 0.397 e. The molecule has 0 bridgehead atoms. The second-order valence-electron chi connectivity index (χ2n) is 5.10. The number of aromatic nitrogens is 1. The van der Waals surface area contributed by atoms with Gasteiger partial charge in [0.2, 0.25) is 0 Å². The number of anilines is 1. The molecule has 0 aliphatic carbocycles. The summed E-state index contributed by atoms with van der Waals surface area (Å²) in [6.45, 7) is 3.81. The van der Waals surface area contributed by atoms with E-state index < -0.39 is 18.6 Å². The third kappa shape index (κ3) is 4.71. The Morgan fingerprint density at radius 2 is 2.05 bits per heavy atom. The van der Waals surface area contributed by atoms with Crippen LogP contribution in [0.5, 0.6) is 0 Å². The highest BCUT2D eigenvalue weighted by atomic mass is 19.4. The lowest BCUT2D eigenvalue weighted by Crippen LogP contribution is -2.41. The number of halogens is 3. The molecule has 0 saturated heterocycles. The Morgan fingerprint density at radius 1 is 1.45 bits per heavy atom. The summed E-state index contributed by atoms with van der Waals surface area (Å²) in [4.78, 5) is 17.0. The Balaban J connectivity index is 3.06. The Labute approximate surface area is 115 Å². The molecule has 0 aliphatic rings. The Kier molecular flexibility index (Phi) is 4.97. The topological polar surface area (TPSA) is 59.2 Å². The summed E-state index contributed by atoms with van der Waals surface area (Å²) in [6, 6.07) is 1.36. The lowest BCUT2D eigenvalue weighted by atomic mass is 10.1. The van der Waals surface area contributed by atoms with Gasteiger partial charge in [0.1, 0.15) is 6.54 Å². The van der Waals surface area contributed by atoms with Crippen molar-refractivity contribution in [2.24, 2.45) is 5.92 Å². The van der Waals surface area contributed by atoms with Crippen LogP contribution in [0.2, 0.25) is 0 Å². The fourth-order valence-electron chi connectivity index (χ4n) is 1.81. The monoisotopic (exact) mass is 289 g/mol. The fourth-order valence-corrected chi connectivity index (χ4v) is 1.81. The van der Waals surface area contributed by atoms with E-state index in [1.807, 2.05) is 0 Å². The molecule has 4 nitrogen and oxygen atoms in total. The van der Waals surface area contributed by atoms with Crippen LogP contribution in [-0.2, 0) is 0 Å². The molecule has 1 heterocycles. The fraction of sp³-hybridized carbons (Fsp3) is 0.538. The second-order valence-corrected chi connectivity index (χ2v) is 5.10. The second kappa shape index (κ2) is 6.11. The van der Waals surface area contributed by atoms with E-state index in [1.165, 1.54) is 12.3 Å². The van der Waals surface area contributed by atoms with Gasteiger partial charge in [-0.3, -0.25) is 9.78 Å². The maximum atomic E-state index is 12.6. The molecular formula is C13H18F3N3O. The number of alkyl halides is 3. The lowest BCUT2D eigenvalue weighted by molar-refractivity contribution is -0.141. The van der Waals surface area contributed by atoms with Crippen molar-refractivity contribution < 1.29 is 18.0 Å². The minimum absolute atomic E-state index is 0.0204. The maximum Gasteiger partial charge on any atom is 0.406 e. The Morgan fingerprint density at radius 3 is 2.55 bits per heavy atom. The van der Waals surface area contributed by atoms with Crippen LogP contribution < -0.4 is 5.73 Å². The highest BCUT2D eigenvalue weighted by Gasteiger charge is 2.34. The maximum absolute atomic E-state index is 12.6. The molecule has 7 heteroatoms. The first kappa shape index (κ1) is 16.3. The van der Waals surface area contributed by atoms with Gasteiger partial charge >= 0.3 is 6.18 Å². The van der Waals surface area contributed by atoms with E-state index >= 15 is 0 Å². The normalized spacial score (nSPS) is 11.8. The van der Waals surface area contributed by atoms with Gasteiger partial charge in [0.15, 0.2) is 0 Å².